The van der Waals surface area contributed by atoms with E-state index in [1.165, 1.54) is 12.1 Å². The lowest BCUT2D eigenvalue weighted by Crippen LogP contribution is -2.48. The monoisotopic (exact) mass is 285 g/mol. The lowest BCUT2D eigenvalue weighted by Gasteiger charge is -2.29. The highest BCUT2D eigenvalue weighted by molar-refractivity contribution is 6.17. The maximum atomic E-state index is 13.0. The Hall–Kier alpha value is -2.70. The molecule has 6 nitrogen and oxygen atoms in total. The van der Waals surface area contributed by atoms with Crippen molar-refractivity contribution in [2.75, 3.05) is 25.0 Å². The van der Waals surface area contributed by atoms with Crippen LogP contribution in [0.25, 0.3) is 11.4 Å². The number of hydrogen-bond acceptors (Lipinski definition) is 4. The Balaban J connectivity index is 1.82. The van der Waals surface area contributed by atoms with E-state index in [1.807, 2.05) is 7.05 Å². The van der Waals surface area contributed by atoms with Crippen molar-refractivity contribution in [3.63, 3.8) is 0 Å². The molecule has 2 aliphatic heterocycles. The number of fused-ring (bicyclic) bond motifs is 2. The number of guanidine groups is 1. The van der Waals surface area contributed by atoms with Crippen LogP contribution in [0, 0.1) is 5.82 Å². The van der Waals surface area contributed by atoms with Crippen LogP contribution in [0.1, 0.15) is 10.5 Å². The fraction of sp³-hybridized carbons (Fsp3) is 0.214. The van der Waals surface area contributed by atoms with Crippen molar-refractivity contribution in [1.29, 1.82) is 0 Å². The highest BCUT2D eigenvalue weighted by Crippen LogP contribution is 2.30. The summed E-state index contributed by atoms with van der Waals surface area (Å²) in [6, 6.07) is 5.99. The van der Waals surface area contributed by atoms with Gasteiger partial charge in [0, 0.05) is 19.2 Å². The van der Waals surface area contributed by atoms with E-state index in [2.05, 4.69) is 15.0 Å². The average molecular weight is 285 g/mol. The molecule has 1 aromatic heterocycles. The van der Waals surface area contributed by atoms with Gasteiger partial charge in [-0.1, -0.05) is 0 Å². The van der Waals surface area contributed by atoms with Crippen molar-refractivity contribution in [3.05, 3.63) is 35.8 Å². The number of imidazole rings is 1. The lowest BCUT2D eigenvalue weighted by atomic mass is 10.2. The second-order valence-corrected chi connectivity index (χ2v) is 4.99. The molecule has 1 N–H and O–H groups in total. The van der Waals surface area contributed by atoms with Gasteiger partial charge < -0.3 is 4.98 Å². The van der Waals surface area contributed by atoms with Crippen molar-refractivity contribution >= 4 is 17.7 Å². The third-order valence-corrected chi connectivity index (χ3v) is 3.70. The first-order valence-electron chi connectivity index (χ1n) is 6.61. The second kappa shape index (κ2) is 4.15. The molecule has 1 aromatic carbocycles. The summed E-state index contributed by atoms with van der Waals surface area (Å²) in [5.41, 5.74) is 1.17. The third kappa shape index (κ3) is 1.67. The van der Waals surface area contributed by atoms with Crippen LogP contribution >= 0.6 is 0 Å². The van der Waals surface area contributed by atoms with Gasteiger partial charge in [-0.25, -0.2) is 9.37 Å². The Bertz CT molecular complexity index is 764. The largest absolute Gasteiger partial charge is 0.332 e. The molecule has 0 atom stereocenters. The van der Waals surface area contributed by atoms with Gasteiger partial charge in [-0.05, 0) is 24.3 Å². The van der Waals surface area contributed by atoms with E-state index in [-0.39, 0.29) is 11.7 Å². The SMILES string of the molecule is CN1C2=NCCN2C(=O)c2[nH]c(-c3ccc(F)cc3)nc21. The van der Waals surface area contributed by atoms with Crippen LogP contribution in [0.4, 0.5) is 10.2 Å². The number of halogens is 1. The first kappa shape index (κ1) is 12.1. The molecule has 2 aliphatic rings. The minimum Gasteiger partial charge on any atom is -0.332 e. The molecule has 2 aromatic rings. The molecule has 0 fully saturated rings. The van der Waals surface area contributed by atoms with Crippen LogP contribution in [-0.2, 0) is 0 Å². The Kier molecular flexibility index (Phi) is 2.38. The zero-order chi connectivity index (χ0) is 14.6. The standard InChI is InChI=1S/C14H12FN5O/c1-19-12-10(13(21)20-7-6-16-14(19)20)17-11(18-12)8-2-4-9(15)5-3-8/h2-5H,6-7H2,1H3,(H,17,18). The normalized spacial score (nSPS) is 16.9. The zero-order valence-electron chi connectivity index (χ0n) is 11.3. The van der Waals surface area contributed by atoms with E-state index >= 15 is 0 Å². The van der Waals surface area contributed by atoms with E-state index in [9.17, 15) is 9.18 Å². The van der Waals surface area contributed by atoms with Gasteiger partial charge >= 0.3 is 0 Å². The van der Waals surface area contributed by atoms with Gasteiger partial charge in [0.1, 0.15) is 17.3 Å². The summed E-state index contributed by atoms with van der Waals surface area (Å²) in [7, 11) is 1.83. The maximum absolute atomic E-state index is 13.0. The minimum atomic E-state index is -0.307. The molecule has 0 spiro atoms. The number of nitrogens with zero attached hydrogens (tertiary/aromatic N) is 4. The summed E-state index contributed by atoms with van der Waals surface area (Å²) in [5.74, 6) is 1.29. The Morgan fingerprint density at radius 1 is 1.29 bits per heavy atom. The Labute approximate surface area is 119 Å². The predicted molar refractivity (Wildman–Crippen MR) is 75.7 cm³/mol. The van der Waals surface area contributed by atoms with Gasteiger partial charge in [-0.15, -0.1) is 0 Å². The quantitative estimate of drug-likeness (QED) is 0.863. The molecule has 21 heavy (non-hydrogen) atoms. The van der Waals surface area contributed by atoms with Crippen LogP contribution in [0.3, 0.4) is 0 Å². The van der Waals surface area contributed by atoms with Crippen LogP contribution < -0.4 is 4.90 Å². The summed E-state index contributed by atoms with van der Waals surface area (Å²) in [6.45, 7) is 1.20. The van der Waals surface area contributed by atoms with Crippen molar-refractivity contribution in [2.24, 2.45) is 4.99 Å². The van der Waals surface area contributed by atoms with Crippen molar-refractivity contribution < 1.29 is 9.18 Å². The second-order valence-electron chi connectivity index (χ2n) is 4.99. The smallest absolute Gasteiger partial charge is 0.280 e. The number of rotatable bonds is 1. The molecule has 106 valence electrons. The van der Waals surface area contributed by atoms with Gasteiger partial charge in [0.25, 0.3) is 5.91 Å². The van der Waals surface area contributed by atoms with E-state index in [1.54, 1.807) is 21.9 Å². The van der Waals surface area contributed by atoms with Crippen molar-refractivity contribution in [2.45, 2.75) is 0 Å². The summed E-state index contributed by atoms with van der Waals surface area (Å²) < 4.78 is 13.0. The first-order chi connectivity index (χ1) is 10.1. The molecule has 7 heteroatoms. The molecule has 0 bridgehead atoms. The molecule has 0 unspecified atom stereocenters. The number of aromatic amines is 1. The first-order valence-corrected chi connectivity index (χ1v) is 6.61. The molecule has 3 heterocycles. The fourth-order valence-corrected chi connectivity index (χ4v) is 2.64. The number of benzene rings is 1. The summed E-state index contributed by atoms with van der Waals surface area (Å²) in [5, 5.41) is 0. The molecule has 0 aliphatic carbocycles. The summed E-state index contributed by atoms with van der Waals surface area (Å²) in [6.07, 6.45) is 0. The van der Waals surface area contributed by atoms with E-state index in [4.69, 9.17) is 0 Å². The van der Waals surface area contributed by atoms with E-state index in [0.717, 1.165) is 5.56 Å². The summed E-state index contributed by atoms with van der Waals surface area (Å²) in [4.78, 5) is 27.7. The molecule has 4 rings (SSSR count). The van der Waals surface area contributed by atoms with Gasteiger partial charge in [-0.3, -0.25) is 19.6 Å². The van der Waals surface area contributed by atoms with Gasteiger partial charge in [0.15, 0.2) is 5.82 Å². The third-order valence-electron chi connectivity index (χ3n) is 3.70. The van der Waals surface area contributed by atoms with Crippen LogP contribution in [0.2, 0.25) is 0 Å². The number of nitrogens with one attached hydrogen (secondary N) is 1. The fourth-order valence-electron chi connectivity index (χ4n) is 2.64. The van der Waals surface area contributed by atoms with Crippen LogP contribution in [0.5, 0.6) is 0 Å². The van der Waals surface area contributed by atoms with Crippen molar-refractivity contribution in [1.82, 2.24) is 14.9 Å². The zero-order valence-corrected chi connectivity index (χ0v) is 11.3. The highest BCUT2D eigenvalue weighted by atomic mass is 19.1. The number of hydrogen-bond donors (Lipinski definition) is 1. The number of aromatic nitrogens is 2. The van der Waals surface area contributed by atoms with E-state index < -0.39 is 0 Å². The number of anilines is 1. The molecule has 0 saturated carbocycles. The van der Waals surface area contributed by atoms with Crippen LogP contribution in [0.15, 0.2) is 29.3 Å². The number of carbonyl (C=O) groups excluding carboxylic acids is 1. The predicted octanol–water partition coefficient (Wildman–Crippen LogP) is 1.48. The van der Waals surface area contributed by atoms with Crippen molar-refractivity contribution in [3.8, 4) is 11.4 Å². The maximum Gasteiger partial charge on any atom is 0.280 e. The topological polar surface area (TPSA) is 64.6 Å². The molecular weight excluding hydrogens is 273 g/mol. The van der Waals surface area contributed by atoms with Gasteiger partial charge in [0.05, 0.1) is 6.54 Å². The Morgan fingerprint density at radius 3 is 2.81 bits per heavy atom. The van der Waals surface area contributed by atoms with Gasteiger partial charge in [-0.2, -0.15) is 0 Å². The molecule has 0 saturated heterocycles. The number of carbonyl (C=O) groups is 1. The average Bonchev–Trinajstić information content (AvgIpc) is 3.13. The Morgan fingerprint density at radius 2 is 2.05 bits per heavy atom. The van der Waals surface area contributed by atoms with Crippen LogP contribution in [-0.4, -0.2) is 46.9 Å². The highest BCUT2D eigenvalue weighted by Gasteiger charge is 2.38. The minimum absolute atomic E-state index is 0.125. The molecule has 1 amide bonds. The number of H-pyrrole nitrogens is 1. The number of aliphatic imine (C=N–C) groups is 1. The summed E-state index contributed by atoms with van der Waals surface area (Å²) >= 11 is 0. The lowest BCUT2D eigenvalue weighted by molar-refractivity contribution is 0.0847. The molecular formula is C14H12FN5O. The number of amides is 1. The van der Waals surface area contributed by atoms with Gasteiger partial charge in [0.2, 0.25) is 5.96 Å². The van der Waals surface area contributed by atoms with E-state index in [0.29, 0.717) is 36.4 Å². The molecule has 0 radical (unpaired) electrons.